The van der Waals surface area contributed by atoms with Gasteiger partial charge in [-0.3, -0.25) is 14.9 Å². The van der Waals surface area contributed by atoms with Crippen molar-refractivity contribution in [2.75, 3.05) is 11.9 Å². The van der Waals surface area contributed by atoms with Crippen molar-refractivity contribution < 1.29 is 9.59 Å². The summed E-state index contributed by atoms with van der Waals surface area (Å²) < 4.78 is 0.678. The van der Waals surface area contributed by atoms with E-state index in [4.69, 9.17) is 0 Å². The van der Waals surface area contributed by atoms with Crippen LogP contribution in [0.1, 0.15) is 10.4 Å². The van der Waals surface area contributed by atoms with Crippen molar-refractivity contribution in [1.82, 2.24) is 15.5 Å². The van der Waals surface area contributed by atoms with Gasteiger partial charge < -0.3 is 5.32 Å². The minimum Gasteiger partial charge on any atom is -0.343 e. The highest BCUT2D eigenvalue weighted by Gasteiger charge is 2.11. The lowest BCUT2D eigenvalue weighted by molar-refractivity contribution is -0.115. The third-order valence-electron chi connectivity index (χ3n) is 2.13. The molecule has 0 spiro atoms. The summed E-state index contributed by atoms with van der Waals surface area (Å²) in [5.74, 6) is -0.669. The average molecular weight is 341 g/mol. The number of benzene rings is 1. The summed E-state index contributed by atoms with van der Waals surface area (Å²) in [4.78, 5) is 23.4. The molecule has 0 aliphatic carbocycles. The van der Waals surface area contributed by atoms with E-state index in [1.54, 1.807) is 18.2 Å². The lowest BCUT2D eigenvalue weighted by Crippen LogP contribution is -2.33. The van der Waals surface area contributed by atoms with Crippen LogP contribution < -0.4 is 10.6 Å². The SMILES string of the molecule is O=C(CNC(=O)c1ccccc1Br)Nc1nncs1. The van der Waals surface area contributed by atoms with Crippen LogP contribution in [0.2, 0.25) is 0 Å². The molecule has 0 aliphatic heterocycles. The van der Waals surface area contributed by atoms with Crippen LogP contribution in [0.4, 0.5) is 5.13 Å². The summed E-state index contributed by atoms with van der Waals surface area (Å²) in [5.41, 5.74) is 1.99. The number of halogens is 1. The highest BCUT2D eigenvalue weighted by molar-refractivity contribution is 9.10. The molecular formula is C11H9BrN4O2S. The molecule has 0 saturated carbocycles. The van der Waals surface area contributed by atoms with E-state index in [0.717, 1.165) is 0 Å². The predicted molar refractivity (Wildman–Crippen MR) is 75.0 cm³/mol. The fourth-order valence-corrected chi connectivity index (χ4v) is 2.22. The zero-order valence-corrected chi connectivity index (χ0v) is 12.0. The second-order valence-electron chi connectivity index (χ2n) is 3.45. The van der Waals surface area contributed by atoms with Crippen LogP contribution in [0.3, 0.4) is 0 Å². The maximum Gasteiger partial charge on any atom is 0.252 e. The van der Waals surface area contributed by atoms with Gasteiger partial charge in [-0.2, -0.15) is 0 Å². The molecular weight excluding hydrogens is 332 g/mol. The maximum atomic E-state index is 11.8. The van der Waals surface area contributed by atoms with Gasteiger partial charge in [0.15, 0.2) is 0 Å². The van der Waals surface area contributed by atoms with Gasteiger partial charge in [0, 0.05) is 4.47 Å². The number of nitrogens with zero attached hydrogens (tertiary/aromatic N) is 2. The molecule has 0 unspecified atom stereocenters. The summed E-state index contributed by atoms with van der Waals surface area (Å²) in [6.45, 7) is -0.125. The maximum absolute atomic E-state index is 11.8. The standard InChI is InChI=1S/C11H9BrN4O2S/c12-8-4-2-1-3-7(8)10(18)13-5-9(17)15-11-16-14-6-19-11/h1-4,6H,5H2,(H,13,18)(H,15,16,17). The minimum atomic E-state index is -0.350. The molecule has 2 rings (SSSR count). The van der Waals surface area contributed by atoms with Crippen molar-refractivity contribution in [3.8, 4) is 0 Å². The molecule has 0 atom stereocenters. The van der Waals surface area contributed by atoms with Crippen LogP contribution in [-0.2, 0) is 4.79 Å². The summed E-state index contributed by atoms with van der Waals surface area (Å²) in [5, 5.41) is 12.7. The van der Waals surface area contributed by atoms with Crippen molar-refractivity contribution in [2.24, 2.45) is 0 Å². The Hall–Kier alpha value is -1.80. The topological polar surface area (TPSA) is 84.0 Å². The lowest BCUT2D eigenvalue weighted by Gasteiger charge is -2.06. The van der Waals surface area contributed by atoms with Gasteiger partial charge in [0.1, 0.15) is 5.51 Å². The van der Waals surface area contributed by atoms with E-state index >= 15 is 0 Å². The molecule has 0 fully saturated rings. The molecule has 19 heavy (non-hydrogen) atoms. The molecule has 1 aromatic carbocycles. The number of anilines is 1. The Balaban J connectivity index is 1.87. The van der Waals surface area contributed by atoms with E-state index < -0.39 is 0 Å². The van der Waals surface area contributed by atoms with E-state index in [9.17, 15) is 9.59 Å². The number of hydrogen-bond acceptors (Lipinski definition) is 5. The summed E-state index contributed by atoms with van der Waals surface area (Å²) >= 11 is 4.48. The number of aromatic nitrogens is 2. The Morgan fingerprint density at radius 2 is 2.11 bits per heavy atom. The monoisotopic (exact) mass is 340 g/mol. The number of carbonyl (C=O) groups is 2. The third kappa shape index (κ3) is 3.83. The van der Waals surface area contributed by atoms with Gasteiger partial charge >= 0.3 is 0 Å². The van der Waals surface area contributed by atoms with Gasteiger partial charge in [-0.1, -0.05) is 23.5 Å². The molecule has 0 radical (unpaired) electrons. The molecule has 2 aromatic rings. The first-order valence-corrected chi connectivity index (χ1v) is 6.93. The summed E-state index contributed by atoms with van der Waals surface area (Å²) in [7, 11) is 0. The molecule has 8 heteroatoms. The highest BCUT2D eigenvalue weighted by Crippen LogP contribution is 2.15. The molecule has 0 bridgehead atoms. The molecule has 2 amide bonds. The molecule has 6 nitrogen and oxygen atoms in total. The van der Waals surface area contributed by atoms with Gasteiger partial charge in [0.2, 0.25) is 11.0 Å². The van der Waals surface area contributed by atoms with Gasteiger partial charge in [0.25, 0.3) is 5.91 Å². The van der Waals surface area contributed by atoms with Gasteiger partial charge in [-0.05, 0) is 28.1 Å². The fourth-order valence-electron chi connectivity index (χ4n) is 1.29. The first kappa shape index (κ1) is 13.6. The van der Waals surface area contributed by atoms with Crippen LogP contribution in [0.15, 0.2) is 34.2 Å². The first-order chi connectivity index (χ1) is 9.16. The quantitative estimate of drug-likeness (QED) is 0.886. The largest absolute Gasteiger partial charge is 0.343 e. The van der Waals surface area contributed by atoms with Crippen molar-refractivity contribution in [1.29, 1.82) is 0 Å². The van der Waals surface area contributed by atoms with E-state index in [-0.39, 0.29) is 18.4 Å². The second-order valence-corrected chi connectivity index (χ2v) is 5.14. The number of nitrogens with one attached hydrogen (secondary N) is 2. The predicted octanol–water partition coefficient (Wildman–Crippen LogP) is 1.67. The number of amides is 2. The molecule has 1 aromatic heterocycles. The van der Waals surface area contributed by atoms with E-state index in [1.807, 2.05) is 6.07 Å². The molecule has 0 aliphatic rings. The van der Waals surface area contributed by atoms with E-state index in [1.165, 1.54) is 16.8 Å². The van der Waals surface area contributed by atoms with Crippen LogP contribution in [0.25, 0.3) is 0 Å². The molecule has 0 saturated heterocycles. The van der Waals surface area contributed by atoms with Crippen LogP contribution in [0, 0.1) is 0 Å². The number of hydrogen-bond donors (Lipinski definition) is 2. The Morgan fingerprint density at radius 1 is 1.32 bits per heavy atom. The van der Waals surface area contributed by atoms with Gasteiger partial charge in [-0.25, -0.2) is 0 Å². The Morgan fingerprint density at radius 3 is 2.79 bits per heavy atom. The smallest absolute Gasteiger partial charge is 0.252 e. The Labute approximate surface area is 121 Å². The minimum absolute atomic E-state index is 0.125. The normalized spacial score (nSPS) is 9.95. The van der Waals surface area contributed by atoms with E-state index in [2.05, 4.69) is 36.8 Å². The van der Waals surface area contributed by atoms with Crippen molar-refractivity contribution in [3.05, 3.63) is 39.8 Å². The van der Waals surface area contributed by atoms with Crippen molar-refractivity contribution >= 4 is 44.2 Å². The van der Waals surface area contributed by atoms with Crippen LogP contribution >= 0.6 is 27.3 Å². The number of rotatable bonds is 4. The third-order valence-corrected chi connectivity index (χ3v) is 3.43. The van der Waals surface area contributed by atoms with Gasteiger partial charge in [0.05, 0.1) is 12.1 Å². The van der Waals surface area contributed by atoms with Crippen LogP contribution in [-0.4, -0.2) is 28.6 Å². The van der Waals surface area contributed by atoms with Crippen molar-refractivity contribution in [3.63, 3.8) is 0 Å². The van der Waals surface area contributed by atoms with Crippen LogP contribution in [0.5, 0.6) is 0 Å². The Kier molecular flexibility index (Phi) is 4.58. The highest BCUT2D eigenvalue weighted by atomic mass is 79.9. The first-order valence-electron chi connectivity index (χ1n) is 5.25. The van der Waals surface area contributed by atoms with Gasteiger partial charge in [-0.15, -0.1) is 10.2 Å². The van der Waals surface area contributed by atoms with E-state index in [0.29, 0.717) is 15.2 Å². The molecule has 98 valence electrons. The lowest BCUT2D eigenvalue weighted by atomic mass is 10.2. The second kappa shape index (κ2) is 6.39. The fraction of sp³-hybridized carbons (Fsp3) is 0.0909. The molecule has 2 N–H and O–H groups in total. The Bertz CT molecular complexity index is 588. The zero-order valence-electron chi connectivity index (χ0n) is 9.59. The average Bonchev–Trinajstić information content (AvgIpc) is 2.89. The zero-order chi connectivity index (χ0) is 13.7. The summed E-state index contributed by atoms with van der Waals surface area (Å²) in [6, 6.07) is 6.99. The number of carbonyl (C=O) groups excluding carboxylic acids is 2. The summed E-state index contributed by atoms with van der Waals surface area (Å²) in [6.07, 6.45) is 0. The van der Waals surface area contributed by atoms with Crippen molar-refractivity contribution in [2.45, 2.75) is 0 Å². The molecule has 1 heterocycles.